The first-order chi connectivity index (χ1) is 9.17. The van der Waals surface area contributed by atoms with E-state index < -0.39 is 0 Å². The maximum Gasteiger partial charge on any atom is 0.305 e. The topological polar surface area (TPSA) is 55.7 Å². The zero-order valence-corrected chi connectivity index (χ0v) is 11.4. The Morgan fingerprint density at radius 1 is 1.37 bits per heavy atom. The van der Waals surface area contributed by atoms with E-state index in [2.05, 4.69) is 9.73 Å². The van der Waals surface area contributed by atoms with Crippen molar-refractivity contribution in [2.75, 3.05) is 7.11 Å². The molecular formula is C15H19NO3. The van der Waals surface area contributed by atoms with E-state index in [1.54, 1.807) is 12.1 Å². The molecule has 19 heavy (non-hydrogen) atoms. The van der Waals surface area contributed by atoms with Gasteiger partial charge in [0, 0.05) is 18.2 Å². The second-order valence-corrected chi connectivity index (χ2v) is 4.30. The van der Waals surface area contributed by atoms with Gasteiger partial charge >= 0.3 is 5.97 Å². The monoisotopic (exact) mass is 261 g/mol. The summed E-state index contributed by atoms with van der Waals surface area (Å²) in [7, 11) is 1.40. The third-order valence-electron chi connectivity index (χ3n) is 2.79. The van der Waals surface area contributed by atoms with Crippen molar-refractivity contribution in [2.45, 2.75) is 32.6 Å². The van der Waals surface area contributed by atoms with Gasteiger partial charge in [0.1, 0.15) is 6.29 Å². The van der Waals surface area contributed by atoms with E-state index in [1.165, 1.54) is 7.11 Å². The zero-order chi connectivity index (χ0) is 14.1. The number of ether oxygens (including phenoxy) is 1. The number of esters is 1. The first-order valence-electron chi connectivity index (χ1n) is 6.32. The maximum atomic E-state index is 10.9. The van der Waals surface area contributed by atoms with Crippen molar-refractivity contribution in [3.63, 3.8) is 0 Å². The molecule has 0 aliphatic rings. The Labute approximate surface area is 113 Å². The average Bonchev–Trinajstić information content (AvgIpc) is 2.44. The van der Waals surface area contributed by atoms with Gasteiger partial charge in [0.25, 0.3) is 0 Å². The van der Waals surface area contributed by atoms with Gasteiger partial charge in [0.05, 0.1) is 12.8 Å². The van der Waals surface area contributed by atoms with Crippen LogP contribution in [0.15, 0.2) is 23.2 Å². The Kier molecular flexibility index (Phi) is 6.50. The third-order valence-corrected chi connectivity index (χ3v) is 2.79. The normalized spacial score (nSPS) is 10.6. The molecule has 0 aromatic heterocycles. The van der Waals surface area contributed by atoms with Crippen molar-refractivity contribution in [1.82, 2.24) is 0 Å². The van der Waals surface area contributed by atoms with Crippen LogP contribution in [0.3, 0.4) is 0 Å². The number of rotatable bonds is 7. The van der Waals surface area contributed by atoms with Gasteiger partial charge in [-0.1, -0.05) is 12.1 Å². The van der Waals surface area contributed by atoms with Gasteiger partial charge < -0.3 is 4.74 Å². The fraction of sp³-hybridized carbons (Fsp3) is 0.400. The number of hydrogen-bond donors (Lipinski definition) is 0. The Balaban J connectivity index is 2.40. The van der Waals surface area contributed by atoms with E-state index in [0.717, 1.165) is 36.8 Å². The quantitative estimate of drug-likeness (QED) is 0.327. The van der Waals surface area contributed by atoms with Crippen LogP contribution in [-0.2, 0) is 9.53 Å². The molecular weight excluding hydrogens is 242 g/mol. The van der Waals surface area contributed by atoms with Crippen molar-refractivity contribution >= 4 is 24.2 Å². The molecule has 0 aliphatic carbocycles. The van der Waals surface area contributed by atoms with Crippen LogP contribution >= 0.6 is 0 Å². The average molecular weight is 261 g/mol. The van der Waals surface area contributed by atoms with Crippen molar-refractivity contribution < 1.29 is 14.3 Å². The van der Waals surface area contributed by atoms with Crippen molar-refractivity contribution in [3.8, 4) is 0 Å². The maximum absolute atomic E-state index is 10.9. The minimum atomic E-state index is -0.175. The van der Waals surface area contributed by atoms with Crippen molar-refractivity contribution in [2.24, 2.45) is 4.99 Å². The van der Waals surface area contributed by atoms with Gasteiger partial charge in [-0.25, -0.2) is 0 Å². The summed E-state index contributed by atoms with van der Waals surface area (Å²) in [6, 6.07) is 5.43. The molecule has 0 unspecified atom stereocenters. The standard InChI is InChI=1S/C15H19NO3/c1-12-7-8-13(11-17)10-14(12)16-9-5-3-4-6-15(18)19-2/h7-11H,3-6H2,1-2H3. The number of carbonyl (C=O) groups excluding carboxylic acids is 2. The van der Waals surface area contributed by atoms with Crippen molar-refractivity contribution in [1.29, 1.82) is 0 Å². The molecule has 0 fully saturated rings. The lowest BCUT2D eigenvalue weighted by molar-refractivity contribution is -0.140. The first-order valence-corrected chi connectivity index (χ1v) is 6.32. The summed E-state index contributed by atoms with van der Waals surface area (Å²) in [4.78, 5) is 25.9. The van der Waals surface area contributed by atoms with Gasteiger partial charge in [-0.3, -0.25) is 14.6 Å². The van der Waals surface area contributed by atoms with E-state index in [4.69, 9.17) is 0 Å². The molecule has 4 heteroatoms. The number of aliphatic imine (C=N–C) groups is 1. The highest BCUT2D eigenvalue weighted by Crippen LogP contribution is 2.19. The van der Waals surface area contributed by atoms with Crippen LogP contribution in [-0.4, -0.2) is 25.6 Å². The molecule has 0 heterocycles. The lowest BCUT2D eigenvalue weighted by Gasteiger charge is -2.01. The smallest absolute Gasteiger partial charge is 0.305 e. The molecule has 0 aliphatic heterocycles. The van der Waals surface area contributed by atoms with Gasteiger partial charge in [0.2, 0.25) is 0 Å². The summed E-state index contributed by atoms with van der Waals surface area (Å²) in [6.07, 6.45) is 5.59. The van der Waals surface area contributed by atoms with Crippen LogP contribution in [0.25, 0.3) is 0 Å². The number of hydrogen-bond acceptors (Lipinski definition) is 4. The van der Waals surface area contributed by atoms with Crippen LogP contribution in [0.5, 0.6) is 0 Å². The Hall–Kier alpha value is -1.97. The number of methoxy groups -OCH3 is 1. The number of aldehydes is 1. The van der Waals surface area contributed by atoms with E-state index >= 15 is 0 Å². The molecule has 0 amide bonds. The summed E-state index contributed by atoms with van der Waals surface area (Å²) in [5, 5.41) is 0. The minimum Gasteiger partial charge on any atom is -0.469 e. The highest BCUT2D eigenvalue weighted by atomic mass is 16.5. The summed E-state index contributed by atoms with van der Waals surface area (Å²) < 4.78 is 4.56. The number of nitrogens with zero attached hydrogens (tertiary/aromatic N) is 1. The summed E-state index contributed by atoms with van der Waals surface area (Å²) in [5.74, 6) is -0.175. The van der Waals surface area contributed by atoms with E-state index in [9.17, 15) is 9.59 Å². The molecule has 0 bridgehead atoms. The predicted octanol–water partition coefficient (Wildman–Crippen LogP) is 3.24. The molecule has 1 rings (SSSR count). The van der Waals surface area contributed by atoms with E-state index in [0.29, 0.717) is 12.0 Å². The Bertz CT molecular complexity index is 466. The largest absolute Gasteiger partial charge is 0.469 e. The lowest BCUT2D eigenvalue weighted by Crippen LogP contribution is -1.99. The second-order valence-electron chi connectivity index (χ2n) is 4.30. The van der Waals surface area contributed by atoms with E-state index in [1.807, 2.05) is 19.2 Å². The number of aryl methyl sites for hydroxylation is 1. The molecule has 0 atom stereocenters. The summed E-state index contributed by atoms with van der Waals surface area (Å²) >= 11 is 0. The summed E-state index contributed by atoms with van der Waals surface area (Å²) in [5.41, 5.74) is 2.48. The van der Waals surface area contributed by atoms with Crippen LogP contribution in [0, 0.1) is 6.92 Å². The first kappa shape index (κ1) is 15.1. The van der Waals surface area contributed by atoms with Gasteiger partial charge in [-0.2, -0.15) is 0 Å². The predicted molar refractivity (Wildman–Crippen MR) is 75.2 cm³/mol. The van der Waals surface area contributed by atoms with Crippen LogP contribution in [0.2, 0.25) is 0 Å². The molecule has 1 aromatic rings. The van der Waals surface area contributed by atoms with E-state index in [-0.39, 0.29) is 5.97 Å². The second kappa shape index (κ2) is 8.19. The number of carbonyl (C=O) groups is 2. The SMILES string of the molecule is COC(=O)CCCCC=Nc1cc(C=O)ccc1C. The molecule has 4 nitrogen and oxygen atoms in total. The molecule has 0 spiro atoms. The molecule has 0 saturated heterocycles. The van der Waals surface area contributed by atoms with Crippen LogP contribution < -0.4 is 0 Å². The lowest BCUT2D eigenvalue weighted by atomic mass is 10.1. The molecule has 0 N–H and O–H groups in total. The van der Waals surface area contributed by atoms with Crippen LogP contribution in [0.4, 0.5) is 5.69 Å². The molecule has 0 radical (unpaired) electrons. The molecule has 0 saturated carbocycles. The van der Waals surface area contributed by atoms with Crippen molar-refractivity contribution in [3.05, 3.63) is 29.3 Å². The highest BCUT2D eigenvalue weighted by molar-refractivity contribution is 5.78. The number of benzene rings is 1. The molecule has 1 aromatic carbocycles. The zero-order valence-electron chi connectivity index (χ0n) is 11.4. The summed E-state index contributed by atoms with van der Waals surface area (Å²) in [6.45, 7) is 1.96. The fourth-order valence-electron chi connectivity index (χ4n) is 1.61. The highest BCUT2D eigenvalue weighted by Gasteiger charge is 1.99. The number of unbranched alkanes of at least 4 members (excludes halogenated alkanes) is 2. The minimum absolute atomic E-state index is 0.175. The van der Waals surface area contributed by atoms with Crippen LogP contribution in [0.1, 0.15) is 41.6 Å². The van der Waals surface area contributed by atoms with Gasteiger partial charge in [-0.15, -0.1) is 0 Å². The Morgan fingerprint density at radius 3 is 2.84 bits per heavy atom. The van der Waals surface area contributed by atoms with Gasteiger partial charge in [0.15, 0.2) is 0 Å². The fourth-order valence-corrected chi connectivity index (χ4v) is 1.61. The van der Waals surface area contributed by atoms with Gasteiger partial charge in [-0.05, 0) is 37.8 Å². The Morgan fingerprint density at radius 2 is 2.16 bits per heavy atom. The molecule has 102 valence electrons. The third kappa shape index (κ3) is 5.46.